The average molecular weight is 289 g/mol. The lowest BCUT2D eigenvalue weighted by molar-refractivity contribution is 0.102. The molecule has 0 unspecified atom stereocenters. The minimum Gasteiger partial charge on any atom is -0.493 e. The number of methoxy groups -OCH3 is 2. The van der Waals surface area contributed by atoms with Gasteiger partial charge in [0.05, 0.1) is 14.2 Å². The van der Waals surface area contributed by atoms with Crippen molar-refractivity contribution in [2.45, 2.75) is 19.8 Å². The molecule has 0 saturated carbocycles. The van der Waals surface area contributed by atoms with Crippen LogP contribution < -0.4 is 14.8 Å². The van der Waals surface area contributed by atoms with Crippen LogP contribution in [0.2, 0.25) is 0 Å². The standard InChI is InChI=1S/C15H19N3O3/c1-9(2)11-8-14(18-17-11)16-15(19)10-5-6-12(20-3)13(7-10)21-4/h5-9H,1-4H3,(H2,16,17,18,19). The Labute approximate surface area is 123 Å². The van der Waals surface area contributed by atoms with E-state index in [1.807, 2.05) is 19.9 Å². The number of carbonyl (C=O) groups excluding carboxylic acids is 1. The van der Waals surface area contributed by atoms with Crippen LogP contribution in [0, 0.1) is 0 Å². The number of hydrogen-bond donors (Lipinski definition) is 2. The number of benzene rings is 1. The molecule has 6 heteroatoms. The lowest BCUT2D eigenvalue weighted by atomic mass is 10.1. The topological polar surface area (TPSA) is 76.2 Å². The van der Waals surface area contributed by atoms with Gasteiger partial charge in [0.15, 0.2) is 17.3 Å². The van der Waals surface area contributed by atoms with Gasteiger partial charge in [-0.3, -0.25) is 9.89 Å². The Hall–Kier alpha value is -2.50. The van der Waals surface area contributed by atoms with Crippen molar-refractivity contribution in [1.82, 2.24) is 10.2 Å². The smallest absolute Gasteiger partial charge is 0.257 e. The summed E-state index contributed by atoms with van der Waals surface area (Å²) < 4.78 is 10.3. The highest BCUT2D eigenvalue weighted by Gasteiger charge is 2.13. The normalized spacial score (nSPS) is 10.5. The summed E-state index contributed by atoms with van der Waals surface area (Å²) in [5, 5.41) is 9.70. The third-order valence-corrected chi connectivity index (χ3v) is 3.11. The van der Waals surface area contributed by atoms with Gasteiger partial charge in [-0.25, -0.2) is 0 Å². The molecule has 0 aliphatic carbocycles. The van der Waals surface area contributed by atoms with Crippen molar-refractivity contribution in [2.24, 2.45) is 0 Å². The second-order valence-electron chi connectivity index (χ2n) is 4.89. The molecule has 1 amide bonds. The minimum absolute atomic E-state index is 0.252. The molecule has 0 aliphatic rings. The molecular formula is C15H19N3O3. The molecule has 6 nitrogen and oxygen atoms in total. The quantitative estimate of drug-likeness (QED) is 0.887. The number of ether oxygens (including phenoxy) is 2. The van der Waals surface area contributed by atoms with Gasteiger partial charge in [-0.05, 0) is 24.1 Å². The van der Waals surface area contributed by atoms with Crippen LogP contribution >= 0.6 is 0 Å². The molecule has 0 bridgehead atoms. The Bertz CT molecular complexity index is 635. The molecule has 1 aromatic carbocycles. The summed E-state index contributed by atoms with van der Waals surface area (Å²) in [5.74, 6) is 1.66. The molecule has 2 aromatic rings. The Morgan fingerprint density at radius 3 is 2.48 bits per heavy atom. The van der Waals surface area contributed by atoms with Gasteiger partial charge in [-0.15, -0.1) is 0 Å². The number of carbonyl (C=O) groups is 1. The van der Waals surface area contributed by atoms with Crippen LogP contribution in [0.1, 0.15) is 35.8 Å². The van der Waals surface area contributed by atoms with Gasteiger partial charge in [0, 0.05) is 17.3 Å². The first-order chi connectivity index (χ1) is 10.0. The van der Waals surface area contributed by atoms with Crippen molar-refractivity contribution < 1.29 is 14.3 Å². The summed E-state index contributed by atoms with van der Waals surface area (Å²) in [6.07, 6.45) is 0. The van der Waals surface area contributed by atoms with E-state index in [9.17, 15) is 4.79 Å². The third kappa shape index (κ3) is 3.34. The zero-order valence-electron chi connectivity index (χ0n) is 12.6. The summed E-state index contributed by atoms with van der Waals surface area (Å²) in [6, 6.07) is 6.82. The predicted molar refractivity (Wildman–Crippen MR) is 80.2 cm³/mol. The fourth-order valence-corrected chi connectivity index (χ4v) is 1.86. The molecule has 0 spiro atoms. The fraction of sp³-hybridized carbons (Fsp3) is 0.333. The number of anilines is 1. The number of nitrogens with zero attached hydrogens (tertiary/aromatic N) is 1. The molecule has 0 atom stereocenters. The average Bonchev–Trinajstić information content (AvgIpc) is 2.95. The number of H-pyrrole nitrogens is 1. The van der Waals surface area contributed by atoms with Crippen molar-refractivity contribution in [3.63, 3.8) is 0 Å². The third-order valence-electron chi connectivity index (χ3n) is 3.11. The summed E-state index contributed by atoms with van der Waals surface area (Å²) >= 11 is 0. The van der Waals surface area contributed by atoms with E-state index in [2.05, 4.69) is 15.5 Å². The molecule has 21 heavy (non-hydrogen) atoms. The zero-order valence-corrected chi connectivity index (χ0v) is 12.6. The summed E-state index contributed by atoms with van der Waals surface area (Å²) in [4.78, 5) is 12.2. The van der Waals surface area contributed by atoms with Crippen LogP contribution in [-0.2, 0) is 0 Å². The fourth-order valence-electron chi connectivity index (χ4n) is 1.86. The largest absolute Gasteiger partial charge is 0.493 e. The molecule has 2 N–H and O–H groups in total. The highest BCUT2D eigenvalue weighted by molar-refractivity contribution is 6.04. The van der Waals surface area contributed by atoms with Crippen molar-refractivity contribution in [1.29, 1.82) is 0 Å². The van der Waals surface area contributed by atoms with E-state index in [4.69, 9.17) is 9.47 Å². The molecule has 1 aromatic heterocycles. The molecule has 0 radical (unpaired) electrons. The number of rotatable bonds is 5. The van der Waals surface area contributed by atoms with E-state index in [-0.39, 0.29) is 5.91 Å². The van der Waals surface area contributed by atoms with Crippen LogP contribution in [0.4, 0.5) is 5.82 Å². The van der Waals surface area contributed by atoms with E-state index in [1.54, 1.807) is 25.3 Å². The first-order valence-electron chi connectivity index (χ1n) is 6.63. The number of amides is 1. The summed E-state index contributed by atoms with van der Waals surface area (Å²) in [7, 11) is 3.08. The van der Waals surface area contributed by atoms with Crippen LogP contribution in [0.25, 0.3) is 0 Å². The Kier molecular flexibility index (Phi) is 4.47. The van der Waals surface area contributed by atoms with E-state index in [1.165, 1.54) is 7.11 Å². The lowest BCUT2D eigenvalue weighted by Crippen LogP contribution is -2.12. The molecule has 1 heterocycles. The van der Waals surface area contributed by atoms with Gasteiger partial charge >= 0.3 is 0 Å². The van der Waals surface area contributed by atoms with Gasteiger partial charge < -0.3 is 14.8 Å². The maximum Gasteiger partial charge on any atom is 0.257 e. The SMILES string of the molecule is COc1ccc(C(=O)Nc2cc(C(C)C)[nH]n2)cc1OC. The monoisotopic (exact) mass is 289 g/mol. The lowest BCUT2D eigenvalue weighted by Gasteiger charge is -2.09. The van der Waals surface area contributed by atoms with Gasteiger partial charge in [0.25, 0.3) is 5.91 Å². The predicted octanol–water partition coefficient (Wildman–Crippen LogP) is 2.80. The summed E-state index contributed by atoms with van der Waals surface area (Å²) in [5.41, 5.74) is 1.44. The first-order valence-corrected chi connectivity index (χ1v) is 6.63. The summed E-state index contributed by atoms with van der Waals surface area (Å²) in [6.45, 7) is 4.10. The van der Waals surface area contributed by atoms with E-state index in [0.29, 0.717) is 28.8 Å². The number of aromatic nitrogens is 2. The van der Waals surface area contributed by atoms with Crippen molar-refractivity contribution in [3.8, 4) is 11.5 Å². The van der Waals surface area contributed by atoms with Crippen molar-refractivity contribution in [3.05, 3.63) is 35.5 Å². The van der Waals surface area contributed by atoms with Crippen LogP contribution in [-0.4, -0.2) is 30.3 Å². The van der Waals surface area contributed by atoms with Crippen LogP contribution in [0.5, 0.6) is 11.5 Å². The second-order valence-corrected chi connectivity index (χ2v) is 4.89. The Morgan fingerprint density at radius 2 is 1.90 bits per heavy atom. The highest BCUT2D eigenvalue weighted by atomic mass is 16.5. The molecule has 112 valence electrons. The second kappa shape index (κ2) is 6.30. The Balaban J connectivity index is 2.16. The number of aromatic amines is 1. The number of nitrogens with one attached hydrogen (secondary N) is 2. The van der Waals surface area contributed by atoms with E-state index >= 15 is 0 Å². The van der Waals surface area contributed by atoms with Crippen LogP contribution in [0.3, 0.4) is 0 Å². The maximum atomic E-state index is 12.2. The van der Waals surface area contributed by atoms with Crippen molar-refractivity contribution >= 4 is 11.7 Å². The van der Waals surface area contributed by atoms with Gasteiger partial charge in [0.2, 0.25) is 0 Å². The molecule has 2 rings (SSSR count). The van der Waals surface area contributed by atoms with Gasteiger partial charge in [0.1, 0.15) is 0 Å². The maximum absolute atomic E-state index is 12.2. The molecule has 0 saturated heterocycles. The molecular weight excluding hydrogens is 270 g/mol. The number of hydrogen-bond acceptors (Lipinski definition) is 4. The molecule has 0 fully saturated rings. The van der Waals surface area contributed by atoms with Crippen molar-refractivity contribution in [2.75, 3.05) is 19.5 Å². The minimum atomic E-state index is -0.252. The van der Waals surface area contributed by atoms with Gasteiger partial charge in [-0.2, -0.15) is 5.10 Å². The van der Waals surface area contributed by atoms with E-state index < -0.39 is 0 Å². The van der Waals surface area contributed by atoms with E-state index in [0.717, 1.165) is 5.69 Å². The first kappa shape index (κ1) is 14.9. The van der Waals surface area contributed by atoms with Gasteiger partial charge in [-0.1, -0.05) is 13.8 Å². The molecule has 0 aliphatic heterocycles. The Morgan fingerprint density at radius 1 is 1.19 bits per heavy atom. The zero-order chi connectivity index (χ0) is 15.4. The van der Waals surface area contributed by atoms with Crippen LogP contribution in [0.15, 0.2) is 24.3 Å². The highest BCUT2D eigenvalue weighted by Crippen LogP contribution is 2.27.